The van der Waals surface area contributed by atoms with Crippen molar-refractivity contribution in [2.75, 3.05) is 20.8 Å². The molecule has 0 aliphatic carbocycles. The van der Waals surface area contributed by atoms with Gasteiger partial charge in [0.2, 0.25) is 0 Å². The van der Waals surface area contributed by atoms with Crippen molar-refractivity contribution in [1.29, 1.82) is 0 Å². The Morgan fingerprint density at radius 1 is 1.26 bits per heavy atom. The lowest BCUT2D eigenvalue weighted by atomic mass is 10.0. The number of nitrogens with one attached hydrogen (secondary N) is 1. The fourth-order valence-corrected chi connectivity index (χ4v) is 2.26. The van der Waals surface area contributed by atoms with E-state index >= 15 is 0 Å². The second kappa shape index (κ2) is 5.32. The average molecular weight is 262 g/mol. The van der Waals surface area contributed by atoms with Gasteiger partial charge in [-0.1, -0.05) is 0 Å². The van der Waals surface area contributed by atoms with Gasteiger partial charge in [-0.25, -0.2) is 0 Å². The lowest BCUT2D eigenvalue weighted by molar-refractivity contribution is 0.397. The maximum absolute atomic E-state index is 12.1. The summed E-state index contributed by atoms with van der Waals surface area (Å²) < 4.78 is 10.6. The number of nitrogens with two attached hydrogens (primary N) is 1. The summed E-state index contributed by atoms with van der Waals surface area (Å²) in [5, 5.41) is 0.916. The van der Waals surface area contributed by atoms with Crippen molar-refractivity contribution in [3.05, 3.63) is 33.6 Å². The lowest BCUT2D eigenvalue weighted by Crippen LogP contribution is -2.18. The zero-order chi connectivity index (χ0) is 14.0. The zero-order valence-corrected chi connectivity index (χ0v) is 11.4. The van der Waals surface area contributed by atoms with Crippen molar-refractivity contribution in [2.24, 2.45) is 5.73 Å². The van der Waals surface area contributed by atoms with Crippen molar-refractivity contribution >= 4 is 10.9 Å². The molecular formula is C14H18N2O3. The van der Waals surface area contributed by atoms with Crippen LogP contribution < -0.4 is 20.8 Å². The normalized spacial score (nSPS) is 10.7. The second-order valence-corrected chi connectivity index (χ2v) is 4.35. The Kier molecular flexibility index (Phi) is 3.76. The van der Waals surface area contributed by atoms with E-state index in [0.29, 0.717) is 35.5 Å². The Hall–Kier alpha value is -2.01. The van der Waals surface area contributed by atoms with Crippen LogP contribution in [0.1, 0.15) is 11.1 Å². The molecule has 2 rings (SSSR count). The number of aromatic nitrogens is 1. The van der Waals surface area contributed by atoms with Crippen molar-refractivity contribution in [1.82, 2.24) is 4.98 Å². The Labute approximate surface area is 111 Å². The molecule has 1 heterocycles. The molecule has 1 aromatic heterocycles. The van der Waals surface area contributed by atoms with Gasteiger partial charge in [-0.3, -0.25) is 4.79 Å². The third-order valence-electron chi connectivity index (χ3n) is 3.29. The van der Waals surface area contributed by atoms with Gasteiger partial charge < -0.3 is 20.2 Å². The van der Waals surface area contributed by atoms with Crippen LogP contribution in [0.25, 0.3) is 10.9 Å². The molecule has 0 saturated carbocycles. The Morgan fingerprint density at radius 2 is 2.00 bits per heavy atom. The van der Waals surface area contributed by atoms with Gasteiger partial charge in [0.25, 0.3) is 5.56 Å². The van der Waals surface area contributed by atoms with Crippen LogP contribution in [0.15, 0.2) is 16.9 Å². The summed E-state index contributed by atoms with van der Waals surface area (Å²) in [6.45, 7) is 2.36. The molecule has 0 saturated heterocycles. The van der Waals surface area contributed by atoms with E-state index in [2.05, 4.69) is 4.98 Å². The molecule has 0 unspecified atom stereocenters. The Balaban J connectivity index is 2.83. The summed E-state index contributed by atoms with van der Waals surface area (Å²) in [6, 6.07) is 3.64. The molecule has 0 atom stereocenters. The Morgan fingerprint density at radius 3 is 2.58 bits per heavy atom. The number of rotatable bonds is 4. The van der Waals surface area contributed by atoms with E-state index in [1.54, 1.807) is 20.3 Å². The third-order valence-corrected chi connectivity index (χ3v) is 3.29. The highest BCUT2D eigenvalue weighted by molar-refractivity contribution is 5.89. The maximum atomic E-state index is 12.1. The molecule has 2 aromatic rings. The minimum absolute atomic E-state index is 0.112. The first-order valence-electron chi connectivity index (χ1n) is 6.10. The number of fused-ring (bicyclic) bond motifs is 1. The third kappa shape index (κ3) is 2.29. The predicted molar refractivity (Wildman–Crippen MR) is 75.2 cm³/mol. The molecule has 0 radical (unpaired) electrons. The van der Waals surface area contributed by atoms with Gasteiger partial charge in [0, 0.05) is 17.0 Å². The summed E-state index contributed by atoms with van der Waals surface area (Å²) in [5.41, 5.74) is 7.76. The first-order valence-corrected chi connectivity index (χ1v) is 6.10. The molecule has 0 amide bonds. The summed E-state index contributed by atoms with van der Waals surface area (Å²) >= 11 is 0. The van der Waals surface area contributed by atoms with E-state index in [1.807, 2.05) is 13.0 Å². The van der Waals surface area contributed by atoms with Crippen LogP contribution in [-0.2, 0) is 6.42 Å². The van der Waals surface area contributed by atoms with Crippen molar-refractivity contribution in [3.8, 4) is 11.5 Å². The van der Waals surface area contributed by atoms with Gasteiger partial charge in [0.05, 0.1) is 19.7 Å². The van der Waals surface area contributed by atoms with Gasteiger partial charge in [0.15, 0.2) is 0 Å². The minimum atomic E-state index is -0.112. The zero-order valence-electron chi connectivity index (χ0n) is 11.4. The van der Waals surface area contributed by atoms with E-state index in [-0.39, 0.29) is 5.56 Å². The first-order chi connectivity index (χ1) is 9.12. The number of H-pyrrole nitrogens is 1. The van der Waals surface area contributed by atoms with Crippen LogP contribution in [-0.4, -0.2) is 25.7 Å². The number of pyridine rings is 1. The SMILES string of the molecule is COc1cc(OC)c2[nH]c(=O)c(CCN)c(C)c2c1. The van der Waals surface area contributed by atoms with E-state index in [1.165, 1.54) is 0 Å². The van der Waals surface area contributed by atoms with Crippen LogP contribution >= 0.6 is 0 Å². The van der Waals surface area contributed by atoms with E-state index in [4.69, 9.17) is 15.2 Å². The summed E-state index contributed by atoms with van der Waals surface area (Å²) in [4.78, 5) is 14.9. The average Bonchev–Trinajstić information content (AvgIpc) is 2.42. The van der Waals surface area contributed by atoms with Gasteiger partial charge in [-0.15, -0.1) is 0 Å². The number of aryl methyl sites for hydroxylation is 1. The smallest absolute Gasteiger partial charge is 0.252 e. The van der Waals surface area contributed by atoms with Crippen molar-refractivity contribution in [3.63, 3.8) is 0 Å². The monoisotopic (exact) mass is 262 g/mol. The first kappa shape index (κ1) is 13.4. The molecule has 1 aromatic carbocycles. The summed E-state index contributed by atoms with van der Waals surface area (Å²) in [5.74, 6) is 1.28. The molecule has 19 heavy (non-hydrogen) atoms. The van der Waals surface area contributed by atoms with E-state index in [9.17, 15) is 4.79 Å². The van der Waals surface area contributed by atoms with Crippen LogP contribution in [0.5, 0.6) is 11.5 Å². The molecule has 0 fully saturated rings. The molecular weight excluding hydrogens is 244 g/mol. The lowest BCUT2D eigenvalue weighted by Gasteiger charge is -2.12. The fourth-order valence-electron chi connectivity index (χ4n) is 2.26. The van der Waals surface area contributed by atoms with Crippen LogP contribution in [0.2, 0.25) is 0 Å². The quantitative estimate of drug-likeness (QED) is 0.872. The van der Waals surface area contributed by atoms with Crippen LogP contribution in [0.4, 0.5) is 0 Å². The number of hydrogen-bond donors (Lipinski definition) is 2. The number of aromatic amines is 1. The summed E-state index contributed by atoms with van der Waals surface area (Å²) in [7, 11) is 3.16. The summed E-state index contributed by atoms with van der Waals surface area (Å²) in [6.07, 6.45) is 0.552. The highest BCUT2D eigenvalue weighted by atomic mass is 16.5. The van der Waals surface area contributed by atoms with Gasteiger partial charge >= 0.3 is 0 Å². The molecule has 0 bridgehead atoms. The molecule has 102 valence electrons. The largest absolute Gasteiger partial charge is 0.497 e. The van der Waals surface area contributed by atoms with Gasteiger partial charge in [-0.05, 0) is 31.5 Å². The standard InChI is InChI=1S/C14H18N2O3/c1-8-10(4-5-15)14(17)16-13-11(8)6-9(18-2)7-12(13)19-3/h6-7H,4-5,15H2,1-3H3,(H,16,17). The predicted octanol–water partition coefficient (Wildman–Crippen LogP) is 1.35. The van der Waals surface area contributed by atoms with Crippen LogP contribution in [0, 0.1) is 6.92 Å². The molecule has 0 aliphatic rings. The molecule has 5 heteroatoms. The highest BCUT2D eigenvalue weighted by Gasteiger charge is 2.13. The number of methoxy groups -OCH3 is 2. The topological polar surface area (TPSA) is 77.3 Å². The van der Waals surface area contributed by atoms with E-state index < -0.39 is 0 Å². The minimum Gasteiger partial charge on any atom is -0.497 e. The van der Waals surface area contributed by atoms with Crippen molar-refractivity contribution < 1.29 is 9.47 Å². The second-order valence-electron chi connectivity index (χ2n) is 4.35. The van der Waals surface area contributed by atoms with Gasteiger partial charge in [-0.2, -0.15) is 0 Å². The molecule has 0 spiro atoms. The number of hydrogen-bond acceptors (Lipinski definition) is 4. The molecule has 5 nitrogen and oxygen atoms in total. The van der Waals surface area contributed by atoms with Crippen LogP contribution in [0.3, 0.4) is 0 Å². The maximum Gasteiger partial charge on any atom is 0.252 e. The molecule has 0 aliphatic heterocycles. The fraction of sp³-hybridized carbons (Fsp3) is 0.357. The molecule has 3 N–H and O–H groups in total. The number of benzene rings is 1. The number of ether oxygens (including phenoxy) is 2. The Bertz CT molecular complexity index is 662. The van der Waals surface area contributed by atoms with E-state index in [0.717, 1.165) is 10.9 Å². The van der Waals surface area contributed by atoms with Crippen molar-refractivity contribution in [2.45, 2.75) is 13.3 Å². The van der Waals surface area contributed by atoms with Gasteiger partial charge in [0.1, 0.15) is 11.5 Å². The highest BCUT2D eigenvalue weighted by Crippen LogP contribution is 2.31.